The van der Waals surface area contributed by atoms with Crippen LogP contribution in [-0.4, -0.2) is 17.9 Å². The van der Waals surface area contributed by atoms with Crippen molar-refractivity contribution in [3.05, 3.63) is 100 Å². The fraction of sp³-hybridized carbons (Fsp3) is 0.154. The number of nitrogens with one attached hydrogen (secondary N) is 2. The van der Waals surface area contributed by atoms with Gasteiger partial charge < -0.3 is 15.4 Å². The van der Waals surface area contributed by atoms with Gasteiger partial charge >= 0.3 is 0 Å². The average molecular weight is 445 g/mol. The van der Waals surface area contributed by atoms with Gasteiger partial charge in [-0.25, -0.2) is 0 Å². The van der Waals surface area contributed by atoms with Crippen molar-refractivity contribution in [2.45, 2.75) is 26.1 Å². The highest BCUT2D eigenvalue weighted by atomic mass is 32.1. The van der Waals surface area contributed by atoms with Crippen molar-refractivity contribution in [2.75, 3.05) is 0 Å². The predicted octanol–water partition coefficient (Wildman–Crippen LogP) is 4.92. The van der Waals surface area contributed by atoms with Crippen LogP contribution in [0.3, 0.4) is 0 Å². The van der Waals surface area contributed by atoms with Crippen molar-refractivity contribution in [3.63, 3.8) is 0 Å². The fourth-order valence-electron chi connectivity index (χ4n) is 3.34. The molecule has 0 unspecified atom stereocenters. The molecule has 0 aliphatic rings. The molecule has 32 heavy (non-hydrogen) atoms. The van der Waals surface area contributed by atoms with Crippen molar-refractivity contribution in [1.29, 1.82) is 0 Å². The fourth-order valence-corrected chi connectivity index (χ4v) is 3.99. The summed E-state index contributed by atoms with van der Waals surface area (Å²) in [6.07, 6.45) is -0.753. The summed E-state index contributed by atoms with van der Waals surface area (Å²) < 4.78 is 5.99. The molecule has 4 aromatic rings. The number of ether oxygens (including phenoxy) is 1. The van der Waals surface area contributed by atoms with Crippen molar-refractivity contribution >= 4 is 33.9 Å². The van der Waals surface area contributed by atoms with Gasteiger partial charge in [-0.2, -0.15) is 0 Å². The molecule has 2 amide bonds. The number of hydrogen-bond acceptors (Lipinski definition) is 4. The van der Waals surface area contributed by atoms with Gasteiger partial charge in [0.15, 0.2) is 6.10 Å². The lowest BCUT2D eigenvalue weighted by Gasteiger charge is -2.18. The zero-order valence-electron chi connectivity index (χ0n) is 17.7. The molecule has 1 aromatic heterocycles. The van der Waals surface area contributed by atoms with Gasteiger partial charge in [0.1, 0.15) is 5.75 Å². The van der Waals surface area contributed by atoms with Crippen LogP contribution in [0.5, 0.6) is 5.75 Å². The van der Waals surface area contributed by atoms with Crippen molar-refractivity contribution in [2.24, 2.45) is 0 Å². The van der Waals surface area contributed by atoms with E-state index in [9.17, 15) is 9.59 Å². The summed E-state index contributed by atoms with van der Waals surface area (Å²) in [7, 11) is 0. The van der Waals surface area contributed by atoms with Crippen molar-refractivity contribution in [1.82, 2.24) is 10.6 Å². The Morgan fingerprint density at radius 3 is 2.31 bits per heavy atom. The number of carbonyl (C=O) groups excluding carboxylic acids is 2. The first-order valence-corrected chi connectivity index (χ1v) is 11.3. The molecule has 2 N–H and O–H groups in total. The summed E-state index contributed by atoms with van der Waals surface area (Å²) in [4.78, 5) is 26.7. The molecule has 1 atom stereocenters. The highest BCUT2D eigenvalue weighted by Gasteiger charge is 2.20. The summed E-state index contributed by atoms with van der Waals surface area (Å²) in [5.41, 5.74) is 1.41. The Bertz CT molecular complexity index is 1210. The smallest absolute Gasteiger partial charge is 0.261 e. The van der Waals surface area contributed by atoms with Gasteiger partial charge in [0.25, 0.3) is 11.8 Å². The van der Waals surface area contributed by atoms with E-state index in [1.165, 1.54) is 0 Å². The number of carbonyl (C=O) groups is 2. The Labute approximate surface area is 191 Å². The van der Waals surface area contributed by atoms with E-state index in [4.69, 9.17) is 4.74 Å². The molecule has 0 spiro atoms. The summed E-state index contributed by atoms with van der Waals surface area (Å²) in [6, 6.07) is 25.0. The largest absolute Gasteiger partial charge is 0.480 e. The van der Waals surface area contributed by atoms with E-state index in [0.717, 1.165) is 21.2 Å². The van der Waals surface area contributed by atoms with Crippen LogP contribution in [0, 0.1) is 0 Å². The number of fused-ring (bicyclic) bond motifs is 1. The monoisotopic (exact) mass is 444 g/mol. The summed E-state index contributed by atoms with van der Waals surface area (Å²) in [5, 5.41) is 9.67. The third kappa shape index (κ3) is 5.34. The average Bonchev–Trinajstić information content (AvgIpc) is 3.35. The lowest BCUT2D eigenvalue weighted by Crippen LogP contribution is -2.36. The Hall–Kier alpha value is -3.64. The van der Waals surface area contributed by atoms with Crippen LogP contribution in [0.2, 0.25) is 0 Å². The van der Waals surface area contributed by atoms with Gasteiger partial charge in [-0.15, -0.1) is 11.3 Å². The van der Waals surface area contributed by atoms with Crippen LogP contribution < -0.4 is 15.4 Å². The van der Waals surface area contributed by atoms with Crippen molar-refractivity contribution < 1.29 is 14.3 Å². The minimum atomic E-state index is -0.753. The molecule has 0 radical (unpaired) electrons. The molecule has 0 saturated carbocycles. The number of thiophene rings is 1. The van der Waals surface area contributed by atoms with Crippen LogP contribution in [-0.2, 0) is 17.9 Å². The van der Waals surface area contributed by atoms with Crippen LogP contribution >= 0.6 is 11.3 Å². The van der Waals surface area contributed by atoms with Gasteiger partial charge in [-0.05, 0) is 46.8 Å². The van der Waals surface area contributed by atoms with E-state index in [1.54, 1.807) is 24.3 Å². The molecule has 0 saturated heterocycles. The third-order valence-electron chi connectivity index (χ3n) is 5.08. The quantitative estimate of drug-likeness (QED) is 0.406. The standard InChI is InChI=1S/C26H24N2O3S/c1-18(25(29)28-17-22-12-7-13-32-22)31-24-15-21-11-6-5-10-20(21)14-23(24)26(30)27-16-19-8-3-2-4-9-19/h2-15,18H,16-17H2,1H3,(H,27,30)(H,28,29)/t18-/m1/s1. The maximum atomic E-state index is 13.0. The number of amides is 2. The molecule has 0 bridgehead atoms. The molecule has 4 rings (SSSR count). The molecule has 6 heteroatoms. The lowest BCUT2D eigenvalue weighted by molar-refractivity contribution is -0.127. The summed E-state index contributed by atoms with van der Waals surface area (Å²) in [5.74, 6) is -0.101. The highest BCUT2D eigenvalue weighted by molar-refractivity contribution is 7.09. The van der Waals surface area contributed by atoms with E-state index in [1.807, 2.05) is 78.2 Å². The molecule has 1 heterocycles. The first-order chi connectivity index (χ1) is 15.6. The molecule has 5 nitrogen and oxygen atoms in total. The zero-order chi connectivity index (χ0) is 22.3. The number of hydrogen-bond donors (Lipinski definition) is 2. The number of rotatable bonds is 8. The van der Waals surface area contributed by atoms with E-state index in [-0.39, 0.29) is 11.8 Å². The zero-order valence-corrected chi connectivity index (χ0v) is 18.5. The van der Waals surface area contributed by atoms with Crippen LogP contribution in [0.15, 0.2) is 84.2 Å². The third-order valence-corrected chi connectivity index (χ3v) is 5.95. The predicted molar refractivity (Wildman–Crippen MR) is 128 cm³/mol. The minimum absolute atomic E-state index is 0.234. The molecule has 3 aromatic carbocycles. The van der Waals surface area contributed by atoms with E-state index < -0.39 is 6.10 Å². The van der Waals surface area contributed by atoms with E-state index in [0.29, 0.717) is 24.4 Å². The molecule has 0 aliphatic carbocycles. The SMILES string of the molecule is C[C@@H](Oc1cc2ccccc2cc1C(=O)NCc1ccccc1)C(=O)NCc1cccs1. The summed E-state index contributed by atoms with van der Waals surface area (Å²) in [6.45, 7) is 2.54. The second kappa shape index (κ2) is 10.1. The molecular formula is C26H24N2O3S. The Balaban J connectivity index is 1.52. The van der Waals surface area contributed by atoms with Crippen LogP contribution in [0.1, 0.15) is 27.7 Å². The molecule has 0 aliphatic heterocycles. The Kier molecular flexibility index (Phi) is 6.82. The number of benzene rings is 3. The maximum absolute atomic E-state index is 13.0. The van der Waals surface area contributed by atoms with Gasteiger partial charge in [-0.1, -0.05) is 60.7 Å². The molecule has 162 valence electrons. The van der Waals surface area contributed by atoms with Crippen LogP contribution in [0.4, 0.5) is 0 Å². The van der Waals surface area contributed by atoms with Crippen molar-refractivity contribution in [3.8, 4) is 5.75 Å². The Morgan fingerprint density at radius 1 is 0.875 bits per heavy atom. The molecular weight excluding hydrogens is 420 g/mol. The lowest BCUT2D eigenvalue weighted by atomic mass is 10.0. The van der Waals surface area contributed by atoms with Gasteiger partial charge in [0.2, 0.25) is 0 Å². The first kappa shape index (κ1) is 21.6. The van der Waals surface area contributed by atoms with Gasteiger partial charge in [0, 0.05) is 11.4 Å². The minimum Gasteiger partial charge on any atom is -0.480 e. The highest BCUT2D eigenvalue weighted by Crippen LogP contribution is 2.27. The van der Waals surface area contributed by atoms with Gasteiger partial charge in [-0.3, -0.25) is 9.59 Å². The van der Waals surface area contributed by atoms with Gasteiger partial charge in [0.05, 0.1) is 12.1 Å². The summed E-state index contributed by atoms with van der Waals surface area (Å²) >= 11 is 1.58. The second-order valence-electron chi connectivity index (χ2n) is 7.42. The van der Waals surface area contributed by atoms with E-state index in [2.05, 4.69) is 10.6 Å². The maximum Gasteiger partial charge on any atom is 0.261 e. The second-order valence-corrected chi connectivity index (χ2v) is 8.45. The Morgan fingerprint density at radius 2 is 1.59 bits per heavy atom. The topological polar surface area (TPSA) is 67.4 Å². The van der Waals surface area contributed by atoms with E-state index >= 15 is 0 Å². The first-order valence-electron chi connectivity index (χ1n) is 10.4. The van der Waals surface area contributed by atoms with Crippen LogP contribution in [0.25, 0.3) is 10.8 Å². The molecule has 0 fully saturated rings. The normalized spacial score (nSPS) is 11.7.